The molecule has 0 saturated carbocycles. The molecule has 2 N–H and O–H groups in total. The van der Waals surface area contributed by atoms with Gasteiger partial charge in [0.25, 0.3) is 5.91 Å². The molecule has 2 aromatic rings. The van der Waals surface area contributed by atoms with Crippen LogP contribution < -0.4 is 10.6 Å². The van der Waals surface area contributed by atoms with Gasteiger partial charge in [0.2, 0.25) is 0 Å². The Kier molecular flexibility index (Phi) is 3.57. The molecule has 2 rings (SSSR count). The number of hydrogen-bond acceptors (Lipinski definition) is 3. The number of pyridine rings is 1. The Morgan fingerprint density at radius 2 is 1.89 bits per heavy atom. The Bertz CT molecular complexity index is 566. The summed E-state index contributed by atoms with van der Waals surface area (Å²) in [7, 11) is 3.45. The van der Waals surface area contributed by atoms with Crippen LogP contribution in [0, 0.1) is 0 Å². The van der Waals surface area contributed by atoms with Gasteiger partial charge in [0.05, 0.1) is 0 Å². The van der Waals surface area contributed by atoms with Crippen molar-refractivity contribution in [2.75, 3.05) is 19.4 Å². The van der Waals surface area contributed by atoms with E-state index in [1.54, 1.807) is 19.3 Å². The van der Waals surface area contributed by atoms with Gasteiger partial charge in [-0.2, -0.15) is 0 Å². The molecule has 0 radical (unpaired) electrons. The van der Waals surface area contributed by atoms with Gasteiger partial charge in [-0.1, -0.05) is 12.1 Å². The van der Waals surface area contributed by atoms with E-state index >= 15 is 0 Å². The van der Waals surface area contributed by atoms with Gasteiger partial charge in [0, 0.05) is 25.9 Å². The number of benzene rings is 1. The minimum absolute atomic E-state index is 0.0836. The van der Waals surface area contributed by atoms with Crippen LogP contribution in [0.5, 0.6) is 0 Å². The Balaban J connectivity index is 2.41. The summed E-state index contributed by atoms with van der Waals surface area (Å²) in [6, 6.07) is 11.4. The lowest BCUT2D eigenvalue weighted by atomic mass is 10.0. The second-order valence-electron chi connectivity index (χ2n) is 3.84. The molecule has 0 unspecified atom stereocenters. The largest absolute Gasteiger partial charge is 0.373 e. The molecule has 0 saturated heterocycles. The average molecular weight is 241 g/mol. The van der Waals surface area contributed by atoms with Crippen molar-refractivity contribution < 1.29 is 4.79 Å². The van der Waals surface area contributed by atoms with Crippen molar-refractivity contribution in [3.8, 4) is 11.1 Å². The van der Waals surface area contributed by atoms with Crippen molar-refractivity contribution in [1.29, 1.82) is 0 Å². The number of rotatable bonds is 3. The summed E-state index contributed by atoms with van der Waals surface area (Å²) >= 11 is 0. The van der Waals surface area contributed by atoms with Gasteiger partial charge in [0.15, 0.2) is 0 Å². The lowest BCUT2D eigenvalue weighted by Gasteiger charge is -2.06. The van der Waals surface area contributed by atoms with E-state index in [4.69, 9.17) is 0 Å². The Labute approximate surface area is 106 Å². The van der Waals surface area contributed by atoms with Crippen LogP contribution in [0.15, 0.2) is 42.6 Å². The van der Waals surface area contributed by atoms with E-state index in [0.717, 1.165) is 16.9 Å². The summed E-state index contributed by atoms with van der Waals surface area (Å²) in [5.74, 6) is 0.720. The van der Waals surface area contributed by atoms with E-state index in [-0.39, 0.29) is 5.91 Å². The van der Waals surface area contributed by atoms with Crippen LogP contribution in [-0.2, 0) is 0 Å². The summed E-state index contributed by atoms with van der Waals surface area (Å²) < 4.78 is 0. The maximum absolute atomic E-state index is 11.6. The second kappa shape index (κ2) is 5.31. The number of carbonyl (C=O) groups excluding carboxylic acids is 1. The van der Waals surface area contributed by atoms with Gasteiger partial charge < -0.3 is 10.6 Å². The molecular formula is C14H15N3O. The third-order valence-electron chi connectivity index (χ3n) is 2.70. The summed E-state index contributed by atoms with van der Waals surface area (Å²) in [6.45, 7) is 0. The number of amides is 1. The molecule has 0 fully saturated rings. The number of anilines is 1. The Morgan fingerprint density at radius 3 is 2.61 bits per heavy atom. The van der Waals surface area contributed by atoms with Crippen LogP contribution in [-0.4, -0.2) is 25.0 Å². The molecule has 92 valence electrons. The van der Waals surface area contributed by atoms with Crippen LogP contribution >= 0.6 is 0 Å². The first kappa shape index (κ1) is 12.1. The van der Waals surface area contributed by atoms with Crippen molar-refractivity contribution in [2.45, 2.75) is 0 Å². The summed E-state index contributed by atoms with van der Waals surface area (Å²) in [5, 5.41) is 5.61. The highest BCUT2D eigenvalue weighted by atomic mass is 16.1. The first-order chi connectivity index (χ1) is 8.74. The van der Waals surface area contributed by atoms with E-state index < -0.39 is 0 Å². The zero-order valence-electron chi connectivity index (χ0n) is 10.4. The zero-order chi connectivity index (χ0) is 13.0. The first-order valence-electron chi connectivity index (χ1n) is 5.71. The topological polar surface area (TPSA) is 54.0 Å². The molecule has 1 aromatic carbocycles. The molecule has 0 spiro atoms. The fourth-order valence-corrected chi connectivity index (χ4v) is 1.73. The molecule has 1 amide bonds. The van der Waals surface area contributed by atoms with Gasteiger partial charge in [-0.05, 0) is 35.4 Å². The van der Waals surface area contributed by atoms with Crippen LogP contribution in [0.4, 0.5) is 5.82 Å². The first-order valence-corrected chi connectivity index (χ1v) is 5.71. The smallest absolute Gasteiger partial charge is 0.251 e. The van der Waals surface area contributed by atoms with Gasteiger partial charge in [-0.25, -0.2) is 4.98 Å². The van der Waals surface area contributed by atoms with Gasteiger partial charge in [-0.3, -0.25) is 4.79 Å². The Morgan fingerprint density at radius 1 is 1.11 bits per heavy atom. The van der Waals surface area contributed by atoms with E-state index in [1.165, 1.54) is 0 Å². The van der Waals surface area contributed by atoms with E-state index in [2.05, 4.69) is 15.6 Å². The van der Waals surface area contributed by atoms with E-state index in [0.29, 0.717) is 5.56 Å². The van der Waals surface area contributed by atoms with Gasteiger partial charge in [-0.15, -0.1) is 0 Å². The number of nitrogens with zero attached hydrogens (tertiary/aromatic N) is 1. The van der Waals surface area contributed by atoms with E-state index in [9.17, 15) is 4.79 Å². The molecule has 1 aromatic heterocycles. The molecule has 0 atom stereocenters. The van der Waals surface area contributed by atoms with Crippen LogP contribution in [0.1, 0.15) is 10.4 Å². The van der Waals surface area contributed by atoms with Crippen LogP contribution in [0.2, 0.25) is 0 Å². The number of carbonyl (C=O) groups is 1. The SMILES string of the molecule is CNC(=O)c1cccc(-c2ccnc(NC)c2)c1. The molecule has 4 nitrogen and oxygen atoms in total. The fourth-order valence-electron chi connectivity index (χ4n) is 1.73. The minimum atomic E-state index is -0.0836. The van der Waals surface area contributed by atoms with E-state index in [1.807, 2.05) is 37.4 Å². The molecular weight excluding hydrogens is 226 g/mol. The third-order valence-corrected chi connectivity index (χ3v) is 2.70. The van der Waals surface area contributed by atoms with Crippen molar-refractivity contribution in [2.24, 2.45) is 0 Å². The number of hydrogen-bond donors (Lipinski definition) is 2. The molecule has 4 heteroatoms. The molecule has 0 bridgehead atoms. The predicted octanol–water partition coefficient (Wildman–Crippen LogP) is 2.15. The fraction of sp³-hybridized carbons (Fsp3) is 0.143. The monoisotopic (exact) mass is 241 g/mol. The predicted molar refractivity (Wildman–Crippen MR) is 72.6 cm³/mol. The van der Waals surface area contributed by atoms with Gasteiger partial charge in [0.1, 0.15) is 5.82 Å². The zero-order valence-corrected chi connectivity index (χ0v) is 10.4. The highest BCUT2D eigenvalue weighted by molar-refractivity contribution is 5.95. The third kappa shape index (κ3) is 2.48. The molecule has 1 heterocycles. The lowest BCUT2D eigenvalue weighted by molar-refractivity contribution is 0.0963. The van der Waals surface area contributed by atoms with Gasteiger partial charge >= 0.3 is 0 Å². The number of aromatic nitrogens is 1. The minimum Gasteiger partial charge on any atom is -0.373 e. The molecule has 0 aliphatic rings. The summed E-state index contributed by atoms with van der Waals surface area (Å²) in [5.41, 5.74) is 2.67. The highest BCUT2D eigenvalue weighted by Crippen LogP contribution is 2.22. The highest BCUT2D eigenvalue weighted by Gasteiger charge is 2.05. The Hall–Kier alpha value is -2.36. The van der Waals surface area contributed by atoms with Crippen LogP contribution in [0.25, 0.3) is 11.1 Å². The second-order valence-corrected chi connectivity index (χ2v) is 3.84. The lowest BCUT2D eigenvalue weighted by Crippen LogP contribution is -2.17. The molecule has 0 aliphatic heterocycles. The molecule has 18 heavy (non-hydrogen) atoms. The molecule has 0 aliphatic carbocycles. The van der Waals surface area contributed by atoms with Crippen LogP contribution in [0.3, 0.4) is 0 Å². The summed E-state index contributed by atoms with van der Waals surface area (Å²) in [4.78, 5) is 15.8. The quantitative estimate of drug-likeness (QED) is 0.865. The summed E-state index contributed by atoms with van der Waals surface area (Å²) in [6.07, 6.45) is 1.74. The number of nitrogens with one attached hydrogen (secondary N) is 2. The van der Waals surface area contributed by atoms with Crippen molar-refractivity contribution in [3.05, 3.63) is 48.2 Å². The average Bonchev–Trinajstić information content (AvgIpc) is 2.46. The maximum atomic E-state index is 11.6. The maximum Gasteiger partial charge on any atom is 0.251 e. The van der Waals surface area contributed by atoms with Crippen molar-refractivity contribution >= 4 is 11.7 Å². The van der Waals surface area contributed by atoms with Crippen molar-refractivity contribution in [1.82, 2.24) is 10.3 Å². The standard InChI is InChI=1S/C14H15N3O/c1-15-13-9-11(6-7-17-13)10-4-3-5-12(8-10)14(18)16-2/h3-9H,1-2H3,(H,15,17)(H,16,18). The normalized spacial score (nSPS) is 9.89. The van der Waals surface area contributed by atoms with Crippen molar-refractivity contribution in [3.63, 3.8) is 0 Å².